The maximum atomic E-state index is 12.0. The summed E-state index contributed by atoms with van der Waals surface area (Å²) in [6.07, 6.45) is 2.96. The van der Waals surface area contributed by atoms with E-state index in [4.69, 9.17) is 0 Å². The largest absolute Gasteiger partial charge is 0.351 e. The SMILES string of the molecule is CSc1nc2ccc(NC(=O)CCCNC(=O)c3cccs3)cc2s1. The normalized spacial score (nSPS) is 10.8. The van der Waals surface area contributed by atoms with Crippen LogP contribution in [-0.2, 0) is 4.79 Å². The Morgan fingerprint density at radius 2 is 2.16 bits per heavy atom. The van der Waals surface area contributed by atoms with Gasteiger partial charge in [0, 0.05) is 18.7 Å². The lowest BCUT2D eigenvalue weighted by Crippen LogP contribution is -2.24. The summed E-state index contributed by atoms with van der Waals surface area (Å²) in [5.74, 6) is -0.144. The van der Waals surface area contributed by atoms with Crippen molar-refractivity contribution in [2.24, 2.45) is 0 Å². The van der Waals surface area contributed by atoms with Crippen molar-refractivity contribution in [3.8, 4) is 0 Å². The maximum absolute atomic E-state index is 12.0. The summed E-state index contributed by atoms with van der Waals surface area (Å²) < 4.78 is 2.07. The molecule has 0 aliphatic carbocycles. The Morgan fingerprint density at radius 3 is 2.92 bits per heavy atom. The Kier molecular flexibility index (Phi) is 6.06. The van der Waals surface area contributed by atoms with Gasteiger partial charge in [0.15, 0.2) is 4.34 Å². The fourth-order valence-electron chi connectivity index (χ4n) is 2.24. The number of fused-ring (bicyclic) bond motifs is 1. The van der Waals surface area contributed by atoms with Crippen LogP contribution >= 0.6 is 34.4 Å². The zero-order chi connectivity index (χ0) is 17.6. The van der Waals surface area contributed by atoms with Crippen LogP contribution in [0, 0.1) is 0 Å². The average molecular weight is 392 g/mol. The molecule has 2 N–H and O–H groups in total. The standard InChI is InChI=1S/C17H17N3O2S3/c1-23-17-20-12-7-6-11(10-14(12)25-17)19-15(21)5-2-8-18-16(22)13-4-3-9-24-13/h3-4,6-7,9-10H,2,5,8H2,1H3,(H,18,22)(H,19,21). The van der Waals surface area contributed by atoms with E-state index in [2.05, 4.69) is 15.6 Å². The van der Waals surface area contributed by atoms with Crippen LogP contribution in [0.5, 0.6) is 0 Å². The smallest absolute Gasteiger partial charge is 0.261 e. The second kappa shape index (κ2) is 8.46. The van der Waals surface area contributed by atoms with Crippen LogP contribution in [0.2, 0.25) is 0 Å². The first kappa shape index (κ1) is 17.9. The number of hydrogen-bond donors (Lipinski definition) is 2. The van der Waals surface area contributed by atoms with Crippen molar-refractivity contribution in [3.63, 3.8) is 0 Å². The molecule has 130 valence electrons. The van der Waals surface area contributed by atoms with Crippen LogP contribution in [0.4, 0.5) is 5.69 Å². The fourth-order valence-corrected chi connectivity index (χ4v) is 4.41. The van der Waals surface area contributed by atoms with Gasteiger partial charge in [0.2, 0.25) is 5.91 Å². The molecule has 1 aromatic carbocycles. The third-order valence-corrected chi connectivity index (χ3v) is 6.31. The second-order valence-corrected chi connectivity index (χ2v) is 8.28. The van der Waals surface area contributed by atoms with Gasteiger partial charge in [-0.25, -0.2) is 4.98 Å². The van der Waals surface area contributed by atoms with Crippen molar-refractivity contribution in [3.05, 3.63) is 40.6 Å². The Balaban J connectivity index is 1.45. The van der Waals surface area contributed by atoms with Crippen molar-refractivity contribution >= 4 is 62.2 Å². The third-order valence-electron chi connectivity index (χ3n) is 3.44. The number of hydrogen-bond acceptors (Lipinski definition) is 6. The summed E-state index contributed by atoms with van der Waals surface area (Å²) in [7, 11) is 0. The van der Waals surface area contributed by atoms with E-state index in [9.17, 15) is 9.59 Å². The molecule has 2 amide bonds. The summed E-state index contributed by atoms with van der Waals surface area (Å²) in [4.78, 5) is 29.0. The van der Waals surface area contributed by atoms with Gasteiger partial charge in [-0.1, -0.05) is 17.8 Å². The number of thiazole rings is 1. The maximum Gasteiger partial charge on any atom is 0.261 e. The number of anilines is 1. The van der Waals surface area contributed by atoms with E-state index < -0.39 is 0 Å². The number of nitrogens with one attached hydrogen (secondary N) is 2. The minimum atomic E-state index is -0.0874. The monoisotopic (exact) mass is 391 g/mol. The molecule has 0 saturated heterocycles. The van der Waals surface area contributed by atoms with E-state index >= 15 is 0 Å². The number of benzene rings is 1. The highest BCUT2D eigenvalue weighted by atomic mass is 32.2. The van der Waals surface area contributed by atoms with Crippen LogP contribution in [0.3, 0.4) is 0 Å². The lowest BCUT2D eigenvalue weighted by molar-refractivity contribution is -0.116. The molecule has 0 fully saturated rings. The second-order valence-electron chi connectivity index (χ2n) is 5.25. The van der Waals surface area contributed by atoms with Crippen LogP contribution in [0.25, 0.3) is 10.2 Å². The van der Waals surface area contributed by atoms with Gasteiger partial charge in [0.05, 0.1) is 15.1 Å². The fraction of sp³-hybridized carbons (Fsp3) is 0.235. The molecule has 0 radical (unpaired) electrons. The predicted octanol–water partition coefficient (Wildman–Crippen LogP) is 4.23. The molecule has 0 spiro atoms. The van der Waals surface area contributed by atoms with Crippen LogP contribution in [0.1, 0.15) is 22.5 Å². The minimum absolute atomic E-state index is 0.0562. The van der Waals surface area contributed by atoms with E-state index in [-0.39, 0.29) is 11.8 Å². The average Bonchev–Trinajstić information content (AvgIpc) is 3.27. The Hall–Kier alpha value is -1.90. The van der Waals surface area contributed by atoms with Crippen LogP contribution in [0.15, 0.2) is 40.1 Å². The molecule has 0 atom stereocenters. The first-order valence-electron chi connectivity index (χ1n) is 7.72. The molecule has 25 heavy (non-hydrogen) atoms. The zero-order valence-electron chi connectivity index (χ0n) is 13.6. The molecule has 3 rings (SSSR count). The summed E-state index contributed by atoms with van der Waals surface area (Å²) >= 11 is 4.64. The Labute approximate surface area is 157 Å². The summed E-state index contributed by atoms with van der Waals surface area (Å²) in [5.41, 5.74) is 1.72. The van der Waals surface area contributed by atoms with Gasteiger partial charge < -0.3 is 10.6 Å². The molecular formula is C17H17N3O2S3. The molecule has 2 heterocycles. The van der Waals surface area contributed by atoms with Gasteiger partial charge in [0.25, 0.3) is 5.91 Å². The number of aromatic nitrogens is 1. The molecule has 5 nitrogen and oxygen atoms in total. The van der Waals surface area contributed by atoms with E-state index in [0.717, 1.165) is 20.2 Å². The summed E-state index contributed by atoms with van der Waals surface area (Å²) in [6, 6.07) is 9.36. The quantitative estimate of drug-likeness (QED) is 0.467. The van der Waals surface area contributed by atoms with E-state index in [1.54, 1.807) is 29.2 Å². The molecule has 0 bridgehead atoms. The van der Waals surface area contributed by atoms with Gasteiger partial charge in [-0.2, -0.15) is 0 Å². The topological polar surface area (TPSA) is 71.1 Å². The first-order chi connectivity index (χ1) is 12.2. The number of amides is 2. The zero-order valence-corrected chi connectivity index (χ0v) is 16.0. The molecule has 0 unspecified atom stereocenters. The first-order valence-corrected chi connectivity index (χ1v) is 10.6. The third kappa shape index (κ3) is 4.81. The molecule has 0 aliphatic rings. The van der Waals surface area contributed by atoms with E-state index in [0.29, 0.717) is 24.3 Å². The highest BCUT2D eigenvalue weighted by Crippen LogP contribution is 2.29. The summed E-state index contributed by atoms with van der Waals surface area (Å²) in [5, 5.41) is 7.59. The number of carbonyl (C=O) groups excluding carboxylic acids is 2. The Bertz CT molecular complexity index is 875. The van der Waals surface area contributed by atoms with Crippen molar-refractivity contribution in [1.82, 2.24) is 10.3 Å². The van der Waals surface area contributed by atoms with Gasteiger partial charge in [0.1, 0.15) is 0 Å². The lowest BCUT2D eigenvalue weighted by atomic mass is 10.2. The van der Waals surface area contributed by atoms with Crippen LogP contribution in [-0.4, -0.2) is 29.6 Å². The van der Waals surface area contributed by atoms with Crippen molar-refractivity contribution in [2.45, 2.75) is 17.2 Å². The highest BCUT2D eigenvalue weighted by Gasteiger charge is 2.08. The molecule has 3 aromatic rings. The van der Waals surface area contributed by atoms with Gasteiger partial charge in [-0.05, 0) is 42.3 Å². The lowest BCUT2D eigenvalue weighted by Gasteiger charge is -2.06. The summed E-state index contributed by atoms with van der Waals surface area (Å²) in [6.45, 7) is 0.481. The molecule has 0 aliphatic heterocycles. The van der Waals surface area contributed by atoms with Gasteiger partial charge in [-0.3, -0.25) is 9.59 Å². The number of rotatable bonds is 7. The van der Waals surface area contributed by atoms with E-state index in [1.807, 2.05) is 35.9 Å². The molecule has 8 heteroatoms. The number of carbonyl (C=O) groups is 2. The highest BCUT2D eigenvalue weighted by molar-refractivity contribution is 8.00. The number of nitrogens with zero attached hydrogens (tertiary/aromatic N) is 1. The van der Waals surface area contributed by atoms with Crippen molar-refractivity contribution < 1.29 is 9.59 Å². The Morgan fingerprint density at radius 1 is 1.28 bits per heavy atom. The minimum Gasteiger partial charge on any atom is -0.351 e. The number of thioether (sulfide) groups is 1. The van der Waals surface area contributed by atoms with E-state index in [1.165, 1.54) is 11.3 Å². The van der Waals surface area contributed by atoms with Crippen LogP contribution < -0.4 is 10.6 Å². The predicted molar refractivity (Wildman–Crippen MR) is 106 cm³/mol. The number of thiophene rings is 1. The molecule has 2 aromatic heterocycles. The van der Waals surface area contributed by atoms with Crippen molar-refractivity contribution in [2.75, 3.05) is 18.1 Å². The van der Waals surface area contributed by atoms with Gasteiger partial charge >= 0.3 is 0 Å². The molecule has 0 saturated carbocycles. The van der Waals surface area contributed by atoms with Gasteiger partial charge in [-0.15, -0.1) is 22.7 Å². The molecular weight excluding hydrogens is 374 g/mol. The van der Waals surface area contributed by atoms with Crippen molar-refractivity contribution in [1.29, 1.82) is 0 Å².